The monoisotopic (exact) mass is 347 g/mol. The van der Waals surface area contributed by atoms with Crippen molar-refractivity contribution in [1.82, 2.24) is 4.90 Å². The maximum absolute atomic E-state index is 12.3. The fourth-order valence-electron chi connectivity index (χ4n) is 2.29. The largest absolute Gasteiger partial charge is 0.465 e. The predicted octanol–water partition coefficient (Wildman–Crippen LogP) is 1.93. The highest BCUT2D eigenvalue weighted by molar-refractivity contribution is 7.12. The summed E-state index contributed by atoms with van der Waals surface area (Å²) in [7, 11) is 1.32. The molecule has 7 heteroatoms. The molecule has 2 rings (SSSR count). The average Bonchev–Trinajstić information content (AvgIpc) is 3.03. The van der Waals surface area contributed by atoms with Crippen LogP contribution in [0.15, 0.2) is 41.8 Å². The van der Waals surface area contributed by atoms with Crippen LogP contribution in [0, 0.1) is 0 Å². The van der Waals surface area contributed by atoms with E-state index in [2.05, 4.69) is 5.32 Å². The molecule has 0 saturated heterocycles. The lowest BCUT2D eigenvalue weighted by Crippen LogP contribution is -2.36. The van der Waals surface area contributed by atoms with E-state index in [-0.39, 0.29) is 12.5 Å². The van der Waals surface area contributed by atoms with Gasteiger partial charge in [-0.1, -0.05) is 30.3 Å². The molecule has 1 amide bonds. The van der Waals surface area contributed by atoms with Crippen LogP contribution in [-0.2, 0) is 16.1 Å². The van der Waals surface area contributed by atoms with Crippen LogP contribution in [0.4, 0.5) is 5.69 Å². The Morgan fingerprint density at radius 1 is 1.25 bits per heavy atom. The summed E-state index contributed by atoms with van der Waals surface area (Å²) in [5.41, 5.74) is 7.24. The topological polar surface area (TPSA) is 84.7 Å². The average molecular weight is 347 g/mol. The van der Waals surface area contributed by atoms with Crippen molar-refractivity contribution in [2.75, 3.05) is 32.1 Å². The molecule has 0 fully saturated rings. The number of nitrogens with zero attached hydrogens (tertiary/aromatic N) is 1. The molecule has 1 heterocycles. The lowest BCUT2D eigenvalue weighted by molar-refractivity contribution is -0.117. The molecule has 128 valence electrons. The number of carbonyl (C=O) groups is 2. The number of benzene rings is 1. The predicted molar refractivity (Wildman–Crippen MR) is 95.1 cm³/mol. The molecule has 0 aliphatic heterocycles. The molecule has 24 heavy (non-hydrogen) atoms. The Hall–Kier alpha value is -2.22. The molecule has 1 aromatic carbocycles. The zero-order chi connectivity index (χ0) is 17.4. The van der Waals surface area contributed by atoms with Crippen LogP contribution in [0.1, 0.15) is 15.2 Å². The third-order valence-electron chi connectivity index (χ3n) is 3.37. The molecule has 3 N–H and O–H groups in total. The zero-order valence-corrected chi connectivity index (χ0v) is 14.3. The second-order valence-corrected chi connectivity index (χ2v) is 6.10. The van der Waals surface area contributed by atoms with E-state index in [1.807, 2.05) is 35.2 Å². The van der Waals surface area contributed by atoms with Gasteiger partial charge in [-0.05, 0) is 17.0 Å². The number of amides is 1. The van der Waals surface area contributed by atoms with Crippen LogP contribution in [0.2, 0.25) is 0 Å². The number of hydrogen-bond donors (Lipinski definition) is 2. The lowest BCUT2D eigenvalue weighted by Gasteiger charge is -2.21. The minimum Gasteiger partial charge on any atom is -0.465 e. The van der Waals surface area contributed by atoms with E-state index in [0.29, 0.717) is 30.2 Å². The molecule has 0 aliphatic carbocycles. The molecule has 0 aliphatic rings. The van der Waals surface area contributed by atoms with E-state index in [1.165, 1.54) is 18.4 Å². The summed E-state index contributed by atoms with van der Waals surface area (Å²) in [5.74, 6) is -0.647. The lowest BCUT2D eigenvalue weighted by atomic mass is 10.2. The molecular formula is C17H21N3O3S. The van der Waals surface area contributed by atoms with E-state index >= 15 is 0 Å². The third kappa shape index (κ3) is 5.16. The summed E-state index contributed by atoms with van der Waals surface area (Å²) in [6, 6.07) is 11.6. The fourth-order valence-corrected chi connectivity index (χ4v) is 3.06. The van der Waals surface area contributed by atoms with Gasteiger partial charge in [0, 0.05) is 19.6 Å². The molecule has 0 spiro atoms. The van der Waals surface area contributed by atoms with Crippen molar-refractivity contribution >= 4 is 28.9 Å². The second-order valence-electron chi connectivity index (χ2n) is 5.19. The Morgan fingerprint density at radius 3 is 2.67 bits per heavy atom. The number of ether oxygens (including phenoxy) is 1. The maximum Gasteiger partial charge on any atom is 0.350 e. The molecule has 1 aromatic heterocycles. The number of hydrogen-bond acceptors (Lipinski definition) is 6. The van der Waals surface area contributed by atoms with E-state index in [9.17, 15) is 9.59 Å². The van der Waals surface area contributed by atoms with Crippen molar-refractivity contribution in [3.05, 3.63) is 52.2 Å². The van der Waals surface area contributed by atoms with Gasteiger partial charge < -0.3 is 15.8 Å². The molecule has 0 radical (unpaired) electrons. The molecule has 0 unspecified atom stereocenters. The molecule has 0 bridgehead atoms. The highest BCUT2D eigenvalue weighted by Gasteiger charge is 2.17. The summed E-state index contributed by atoms with van der Waals surface area (Å²) in [5, 5.41) is 4.51. The Labute approximate surface area is 145 Å². The van der Waals surface area contributed by atoms with Crippen LogP contribution >= 0.6 is 11.3 Å². The Morgan fingerprint density at radius 2 is 2.00 bits per heavy atom. The Balaban J connectivity index is 1.98. The van der Waals surface area contributed by atoms with Gasteiger partial charge in [0.1, 0.15) is 4.88 Å². The minimum absolute atomic E-state index is 0.192. The number of thiophene rings is 1. The van der Waals surface area contributed by atoms with Crippen LogP contribution in [0.5, 0.6) is 0 Å². The van der Waals surface area contributed by atoms with Crippen molar-refractivity contribution in [2.45, 2.75) is 6.54 Å². The molecule has 2 aromatic rings. The van der Waals surface area contributed by atoms with Gasteiger partial charge in [0.05, 0.1) is 19.3 Å². The molecule has 0 saturated carbocycles. The van der Waals surface area contributed by atoms with Crippen molar-refractivity contribution < 1.29 is 14.3 Å². The number of carbonyl (C=O) groups excluding carboxylic acids is 2. The summed E-state index contributed by atoms with van der Waals surface area (Å²) in [6.45, 7) is 1.91. The third-order valence-corrected chi connectivity index (χ3v) is 4.27. The number of nitrogens with two attached hydrogens (primary N) is 1. The highest BCUT2D eigenvalue weighted by Crippen LogP contribution is 2.23. The summed E-state index contributed by atoms with van der Waals surface area (Å²) >= 11 is 1.23. The molecular weight excluding hydrogens is 326 g/mol. The number of nitrogens with one attached hydrogen (secondary N) is 1. The fraction of sp³-hybridized carbons (Fsp3) is 0.294. The van der Waals surface area contributed by atoms with E-state index in [4.69, 9.17) is 10.5 Å². The normalized spacial score (nSPS) is 10.6. The van der Waals surface area contributed by atoms with Crippen molar-refractivity contribution in [1.29, 1.82) is 0 Å². The quantitative estimate of drug-likeness (QED) is 0.713. The van der Waals surface area contributed by atoms with Gasteiger partial charge in [-0.25, -0.2) is 4.79 Å². The first-order valence-electron chi connectivity index (χ1n) is 7.56. The maximum atomic E-state index is 12.3. The highest BCUT2D eigenvalue weighted by atomic mass is 32.1. The van der Waals surface area contributed by atoms with E-state index < -0.39 is 5.97 Å². The van der Waals surface area contributed by atoms with Gasteiger partial charge in [-0.3, -0.25) is 9.69 Å². The first-order valence-corrected chi connectivity index (χ1v) is 8.44. The number of anilines is 1. The number of esters is 1. The first kappa shape index (κ1) is 18.1. The van der Waals surface area contributed by atoms with E-state index in [1.54, 1.807) is 11.4 Å². The summed E-state index contributed by atoms with van der Waals surface area (Å²) in [6.07, 6.45) is 0. The van der Waals surface area contributed by atoms with Gasteiger partial charge in [-0.15, -0.1) is 11.3 Å². The van der Waals surface area contributed by atoms with Gasteiger partial charge in [-0.2, -0.15) is 0 Å². The Kier molecular flexibility index (Phi) is 6.92. The smallest absolute Gasteiger partial charge is 0.350 e. The summed E-state index contributed by atoms with van der Waals surface area (Å²) < 4.78 is 4.71. The number of methoxy groups -OCH3 is 1. The molecule has 0 atom stereocenters. The minimum atomic E-state index is -0.455. The van der Waals surface area contributed by atoms with Crippen LogP contribution in [-0.4, -0.2) is 43.5 Å². The van der Waals surface area contributed by atoms with Gasteiger partial charge in [0.25, 0.3) is 0 Å². The molecule has 6 nitrogen and oxygen atoms in total. The van der Waals surface area contributed by atoms with E-state index in [0.717, 1.165) is 5.56 Å². The van der Waals surface area contributed by atoms with Crippen LogP contribution < -0.4 is 11.1 Å². The van der Waals surface area contributed by atoms with Crippen LogP contribution in [0.3, 0.4) is 0 Å². The first-order chi connectivity index (χ1) is 11.6. The van der Waals surface area contributed by atoms with Gasteiger partial charge in [0.15, 0.2) is 0 Å². The van der Waals surface area contributed by atoms with Crippen molar-refractivity contribution in [3.8, 4) is 0 Å². The summed E-state index contributed by atoms with van der Waals surface area (Å²) in [4.78, 5) is 26.3. The number of rotatable bonds is 8. The SMILES string of the molecule is COC(=O)c1sccc1NC(=O)CN(CCN)Cc1ccccc1. The standard InChI is InChI=1S/C17H21N3O3S/c1-23-17(22)16-14(7-10-24-16)19-15(21)12-20(9-8-18)11-13-5-3-2-4-6-13/h2-7,10H,8-9,11-12,18H2,1H3,(H,19,21). The second kappa shape index (κ2) is 9.17. The Bertz CT molecular complexity index is 673. The van der Waals surface area contributed by atoms with Crippen molar-refractivity contribution in [2.24, 2.45) is 5.73 Å². The zero-order valence-electron chi connectivity index (χ0n) is 13.5. The van der Waals surface area contributed by atoms with Gasteiger partial charge >= 0.3 is 5.97 Å². The van der Waals surface area contributed by atoms with Crippen molar-refractivity contribution in [3.63, 3.8) is 0 Å². The van der Waals surface area contributed by atoms with Crippen LogP contribution in [0.25, 0.3) is 0 Å². The van der Waals surface area contributed by atoms with Gasteiger partial charge in [0.2, 0.25) is 5.91 Å².